The van der Waals surface area contributed by atoms with Gasteiger partial charge in [0.15, 0.2) is 0 Å². The SMILES string of the molecule is Cc1cc(C)c(C2CCCC2CN)cc1C. The third-order valence-corrected chi connectivity index (χ3v) is 4.24. The van der Waals surface area contributed by atoms with Gasteiger partial charge in [-0.25, -0.2) is 0 Å². The fourth-order valence-corrected chi connectivity index (χ4v) is 3.11. The maximum absolute atomic E-state index is 5.88. The zero-order chi connectivity index (χ0) is 11.7. The zero-order valence-electron chi connectivity index (χ0n) is 10.7. The van der Waals surface area contributed by atoms with Crippen molar-refractivity contribution in [2.75, 3.05) is 6.54 Å². The van der Waals surface area contributed by atoms with Crippen LogP contribution in [0.15, 0.2) is 12.1 Å². The summed E-state index contributed by atoms with van der Waals surface area (Å²) in [5, 5.41) is 0. The van der Waals surface area contributed by atoms with Crippen LogP contribution in [-0.4, -0.2) is 6.54 Å². The van der Waals surface area contributed by atoms with Gasteiger partial charge in [0.1, 0.15) is 0 Å². The molecule has 1 fully saturated rings. The Morgan fingerprint density at radius 1 is 1.06 bits per heavy atom. The van der Waals surface area contributed by atoms with Gasteiger partial charge < -0.3 is 5.73 Å². The molecule has 1 aromatic rings. The van der Waals surface area contributed by atoms with E-state index in [2.05, 4.69) is 32.9 Å². The lowest BCUT2D eigenvalue weighted by Gasteiger charge is -2.21. The second kappa shape index (κ2) is 4.58. The molecular weight excluding hydrogens is 194 g/mol. The quantitative estimate of drug-likeness (QED) is 0.806. The average Bonchev–Trinajstić information content (AvgIpc) is 2.71. The molecule has 1 saturated carbocycles. The predicted octanol–water partition coefficient (Wildman–Crippen LogP) is 3.45. The minimum absolute atomic E-state index is 0.709. The third-order valence-electron chi connectivity index (χ3n) is 4.24. The molecule has 2 N–H and O–H groups in total. The molecule has 0 heterocycles. The van der Waals surface area contributed by atoms with Gasteiger partial charge in [0.2, 0.25) is 0 Å². The first-order valence-corrected chi connectivity index (χ1v) is 6.41. The summed E-state index contributed by atoms with van der Waals surface area (Å²) in [6.07, 6.45) is 3.98. The van der Waals surface area contributed by atoms with Crippen LogP contribution in [0.3, 0.4) is 0 Å². The second-order valence-corrected chi connectivity index (χ2v) is 5.33. The summed E-state index contributed by atoms with van der Waals surface area (Å²) in [5.74, 6) is 1.42. The minimum Gasteiger partial charge on any atom is -0.330 e. The first-order valence-electron chi connectivity index (χ1n) is 6.41. The van der Waals surface area contributed by atoms with Crippen molar-refractivity contribution in [3.05, 3.63) is 34.4 Å². The third kappa shape index (κ3) is 2.01. The summed E-state index contributed by atoms with van der Waals surface area (Å²) in [7, 11) is 0. The lowest BCUT2D eigenvalue weighted by atomic mass is 9.84. The van der Waals surface area contributed by atoms with E-state index in [1.807, 2.05) is 0 Å². The molecule has 1 aliphatic carbocycles. The Morgan fingerprint density at radius 3 is 2.44 bits per heavy atom. The highest BCUT2D eigenvalue weighted by molar-refractivity contribution is 5.39. The van der Waals surface area contributed by atoms with Gasteiger partial charge in [0.05, 0.1) is 0 Å². The Hall–Kier alpha value is -0.820. The Kier molecular flexibility index (Phi) is 3.34. The van der Waals surface area contributed by atoms with Crippen molar-refractivity contribution in [2.45, 2.75) is 46.0 Å². The van der Waals surface area contributed by atoms with E-state index in [0.29, 0.717) is 11.8 Å². The molecule has 1 aliphatic rings. The average molecular weight is 217 g/mol. The van der Waals surface area contributed by atoms with E-state index in [0.717, 1.165) is 6.54 Å². The molecule has 2 unspecified atom stereocenters. The largest absolute Gasteiger partial charge is 0.330 e. The highest BCUT2D eigenvalue weighted by Gasteiger charge is 2.28. The number of rotatable bonds is 2. The van der Waals surface area contributed by atoms with Crippen LogP contribution in [0.4, 0.5) is 0 Å². The Balaban J connectivity index is 2.36. The lowest BCUT2D eigenvalue weighted by molar-refractivity contribution is 0.494. The van der Waals surface area contributed by atoms with Crippen molar-refractivity contribution in [1.82, 2.24) is 0 Å². The molecular formula is C15H23N. The Labute approximate surface area is 99.0 Å². The van der Waals surface area contributed by atoms with Crippen molar-refractivity contribution in [1.29, 1.82) is 0 Å². The number of nitrogens with two attached hydrogens (primary N) is 1. The number of aryl methyl sites for hydroxylation is 3. The number of benzene rings is 1. The van der Waals surface area contributed by atoms with Crippen LogP contribution in [0, 0.1) is 26.7 Å². The van der Waals surface area contributed by atoms with Crippen LogP contribution >= 0.6 is 0 Å². The molecule has 0 aliphatic heterocycles. The minimum atomic E-state index is 0.709. The predicted molar refractivity (Wildman–Crippen MR) is 69.8 cm³/mol. The summed E-state index contributed by atoms with van der Waals surface area (Å²) >= 11 is 0. The summed E-state index contributed by atoms with van der Waals surface area (Å²) < 4.78 is 0. The van der Waals surface area contributed by atoms with Gasteiger partial charge in [-0.15, -0.1) is 0 Å². The Morgan fingerprint density at radius 2 is 1.75 bits per heavy atom. The van der Waals surface area contributed by atoms with E-state index >= 15 is 0 Å². The van der Waals surface area contributed by atoms with Gasteiger partial charge in [0.25, 0.3) is 0 Å². The molecule has 2 atom stereocenters. The molecule has 0 amide bonds. The molecule has 88 valence electrons. The highest BCUT2D eigenvalue weighted by Crippen LogP contribution is 2.40. The molecule has 0 aromatic heterocycles. The molecule has 0 radical (unpaired) electrons. The van der Waals surface area contributed by atoms with Crippen LogP contribution in [-0.2, 0) is 0 Å². The van der Waals surface area contributed by atoms with E-state index < -0.39 is 0 Å². The van der Waals surface area contributed by atoms with E-state index in [1.54, 1.807) is 5.56 Å². The highest BCUT2D eigenvalue weighted by atomic mass is 14.6. The van der Waals surface area contributed by atoms with Crippen LogP contribution in [0.25, 0.3) is 0 Å². The van der Waals surface area contributed by atoms with E-state index in [9.17, 15) is 0 Å². The van der Waals surface area contributed by atoms with Crippen LogP contribution in [0.5, 0.6) is 0 Å². The summed E-state index contributed by atoms with van der Waals surface area (Å²) in [5.41, 5.74) is 11.7. The molecule has 1 nitrogen and oxygen atoms in total. The molecule has 16 heavy (non-hydrogen) atoms. The van der Waals surface area contributed by atoms with Gasteiger partial charge in [-0.2, -0.15) is 0 Å². The first-order chi connectivity index (χ1) is 7.63. The van der Waals surface area contributed by atoms with E-state index in [-0.39, 0.29) is 0 Å². The lowest BCUT2D eigenvalue weighted by Crippen LogP contribution is -2.18. The topological polar surface area (TPSA) is 26.0 Å². The van der Waals surface area contributed by atoms with E-state index in [1.165, 1.54) is 36.0 Å². The number of hydrogen-bond acceptors (Lipinski definition) is 1. The fraction of sp³-hybridized carbons (Fsp3) is 0.600. The van der Waals surface area contributed by atoms with Gasteiger partial charge >= 0.3 is 0 Å². The van der Waals surface area contributed by atoms with Gasteiger partial charge in [-0.05, 0) is 74.2 Å². The smallest absolute Gasteiger partial charge is 0.00430 e. The summed E-state index contributed by atoms with van der Waals surface area (Å²) in [6, 6.07) is 4.72. The van der Waals surface area contributed by atoms with Crippen molar-refractivity contribution in [3.63, 3.8) is 0 Å². The van der Waals surface area contributed by atoms with Crippen LogP contribution in [0.1, 0.15) is 47.4 Å². The summed E-state index contributed by atoms with van der Waals surface area (Å²) in [4.78, 5) is 0. The van der Waals surface area contributed by atoms with Crippen molar-refractivity contribution in [3.8, 4) is 0 Å². The zero-order valence-corrected chi connectivity index (χ0v) is 10.7. The van der Waals surface area contributed by atoms with Gasteiger partial charge in [0, 0.05) is 0 Å². The van der Waals surface area contributed by atoms with Crippen LogP contribution in [0.2, 0.25) is 0 Å². The maximum atomic E-state index is 5.88. The van der Waals surface area contributed by atoms with Crippen molar-refractivity contribution in [2.24, 2.45) is 11.7 Å². The molecule has 0 saturated heterocycles. The molecule has 1 heteroatoms. The first kappa shape index (κ1) is 11.7. The van der Waals surface area contributed by atoms with Crippen molar-refractivity contribution < 1.29 is 0 Å². The standard InChI is InChI=1S/C15H23N/c1-10-7-12(3)15(8-11(10)2)14-6-4-5-13(14)9-16/h7-8,13-14H,4-6,9,16H2,1-3H3. The van der Waals surface area contributed by atoms with Crippen LogP contribution < -0.4 is 5.73 Å². The van der Waals surface area contributed by atoms with Gasteiger partial charge in [-0.3, -0.25) is 0 Å². The molecule has 0 bridgehead atoms. The molecule has 0 spiro atoms. The monoisotopic (exact) mass is 217 g/mol. The molecule has 2 rings (SSSR count). The van der Waals surface area contributed by atoms with E-state index in [4.69, 9.17) is 5.73 Å². The maximum Gasteiger partial charge on any atom is -0.00430 e. The Bertz CT molecular complexity index is 381. The van der Waals surface area contributed by atoms with Gasteiger partial charge in [-0.1, -0.05) is 18.6 Å². The fourth-order valence-electron chi connectivity index (χ4n) is 3.11. The second-order valence-electron chi connectivity index (χ2n) is 5.33. The summed E-state index contributed by atoms with van der Waals surface area (Å²) in [6.45, 7) is 7.50. The number of hydrogen-bond donors (Lipinski definition) is 1. The molecule has 1 aromatic carbocycles. The normalized spacial score (nSPS) is 25.0. The van der Waals surface area contributed by atoms with Crippen molar-refractivity contribution >= 4 is 0 Å².